The first-order valence-electron chi connectivity index (χ1n) is 6.36. The van der Waals surface area contributed by atoms with Gasteiger partial charge in [0.2, 0.25) is 0 Å². The fraction of sp³-hybridized carbons (Fsp3) is 0.200. The van der Waals surface area contributed by atoms with Crippen molar-refractivity contribution >= 4 is 22.6 Å². The lowest BCUT2D eigenvalue weighted by atomic mass is 9.99. The second-order valence-corrected chi connectivity index (χ2v) is 4.70. The molecule has 1 amide bonds. The van der Waals surface area contributed by atoms with Crippen molar-refractivity contribution in [3.63, 3.8) is 0 Å². The molecule has 1 atom stereocenters. The van der Waals surface area contributed by atoms with Gasteiger partial charge in [0.1, 0.15) is 6.04 Å². The number of alkyl halides is 3. The summed E-state index contributed by atoms with van der Waals surface area (Å²) in [5.74, 6) is -3.79. The van der Waals surface area contributed by atoms with Crippen molar-refractivity contribution in [3.8, 4) is 0 Å². The molecule has 0 fully saturated rings. The van der Waals surface area contributed by atoms with Crippen LogP contribution in [0.1, 0.15) is 5.56 Å². The number of carboxylic acid groups (broad SMARTS) is 1. The zero-order valence-corrected chi connectivity index (χ0v) is 11.2. The van der Waals surface area contributed by atoms with Gasteiger partial charge < -0.3 is 10.4 Å². The molecule has 2 N–H and O–H groups in total. The minimum Gasteiger partial charge on any atom is -0.480 e. The molecular formula is C15H12F3NO3. The summed E-state index contributed by atoms with van der Waals surface area (Å²) in [6, 6.07) is 10.6. The minimum absolute atomic E-state index is 0.238. The Kier molecular flexibility index (Phi) is 4.35. The average molecular weight is 311 g/mol. The molecule has 0 aromatic heterocycles. The monoisotopic (exact) mass is 311 g/mol. The smallest absolute Gasteiger partial charge is 0.471 e. The van der Waals surface area contributed by atoms with E-state index in [0.717, 1.165) is 10.8 Å². The van der Waals surface area contributed by atoms with E-state index in [1.165, 1.54) is 5.32 Å². The molecule has 0 spiro atoms. The van der Waals surface area contributed by atoms with Gasteiger partial charge in [0.15, 0.2) is 0 Å². The third-order valence-corrected chi connectivity index (χ3v) is 3.16. The fourth-order valence-electron chi connectivity index (χ4n) is 2.13. The van der Waals surface area contributed by atoms with Crippen LogP contribution in [0.15, 0.2) is 42.5 Å². The summed E-state index contributed by atoms with van der Waals surface area (Å²) in [7, 11) is 0. The Morgan fingerprint density at radius 1 is 1.09 bits per heavy atom. The predicted molar refractivity (Wildman–Crippen MR) is 73.3 cm³/mol. The van der Waals surface area contributed by atoms with Crippen molar-refractivity contribution in [2.75, 3.05) is 0 Å². The Morgan fingerprint density at radius 2 is 1.73 bits per heavy atom. The lowest BCUT2D eigenvalue weighted by molar-refractivity contribution is -0.175. The summed E-state index contributed by atoms with van der Waals surface area (Å²) < 4.78 is 36.8. The van der Waals surface area contributed by atoms with Crippen LogP contribution in [-0.4, -0.2) is 29.2 Å². The van der Waals surface area contributed by atoms with E-state index in [1.807, 2.05) is 12.1 Å². The first-order valence-corrected chi connectivity index (χ1v) is 6.36. The largest absolute Gasteiger partial charge is 0.480 e. The van der Waals surface area contributed by atoms with E-state index < -0.39 is 24.1 Å². The van der Waals surface area contributed by atoms with Crippen molar-refractivity contribution < 1.29 is 27.9 Å². The van der Waals surface area contributed by atoms with Crippen molar-refractivity contribution in [1.29, 1.82) is 0 Å². The van der Waals surface area contributed by atoms with Gasteiger partial charge in [-0.15, -0.1) is 0 Å². The number of halogens is 3. The Bertz CT molecular complexity index is 707. The Morgan fingerprint density at radius 3 is 2.36 bits per heavy atom. The molecule has 116 valence electrons. The Balaban J connectivity index is 2.27. The molecule has 0 saturated heterocycles. The molecule has 0 bridgehead atoms. The summed E-state index contributed by atoms with van der Waals surface area (Å²) >= 11 is 0. The van der Waals surface area contributed by atoms with E-state index in [-0.39, 0.29) is 6.42 Å². The highest BCUT2D eigenvalue weighted by Crippen LogP contribution is 2.20. The van der Waals surface area contributed by atoms with Gasteiger partial charge in [-0.05, 0) is 16.3 Å². The highest BCUT2D eigenvalue weighted by molar-refractivity contribution is 5.89. The number of fused-ring (bicyclic) bond motifs is 1. The van der Waals surface area contributed by atoms with E-state index in [9.17, 15) is 22.8 Å². The van der Waals surface area contributed by atoms with Gasteiger partial charge in [-0.1, -0.05) is 42.5 Å². The topological polar surface area (TPSA) is 66.4 Å². The van der Waals surface area contributed by atoms with Crippen LogP contribution in [0.3, 0.4) is 0 Å². The van der Waals surface area contributed by atoms with Crippen molar-refractivity contribution in [2.24, 2.45) is 0 Å². The molecule has 2 aromatic rings. The number of nitrogens with one attached hydrogen (secondary N) is 1. The third kappa shape index (κ3) is 3.55. The van der Waals surface area contributed by atoms with Gasteiger partial charge in [0.05, 0.1) is 0 Å². The maximum Gasteiger partial charge on any atom is 0.471 e. The first kappa shape index (κ1) is 15.8. The summed E-state index contributed by atoms with van der Waals surface area (Å²) in [4.78, 5) is 22.1. The van der Waals surface area contributed by atoms with Crippen LogP contribution >= 0.6 is 0 Å². The zero-order valence-electron chi connectivity index (χ0n) is 11.2. The number of benzene rings is 2. The van der Waals surface area contributed by atoms with E-state index in [0.29, 0.717) is 5.56 Å². The molecule has 2 aromatic carbocycles. The number of carbonyl (C=O) groups excluding carboxylic acids is 1. The van der Waals surface area contributed by atoms with Crippen molar-refractivity contribution in [2.45, 2.75) is 18.6 Å². The molecule has 0 aliphatic heterocycles. The quantitative estimate of drug-likeness (QED) is 0.912. The van der Waals surface area contributed by atoms with Crippen LogP contribution in [0.2, 0.25) is 0 Å². The number of carboxylic acids is 1. The number of rotatable bonds is 4. The van der Waals surface area contributed by atoms with Gasteiger partial charge in [-0.25, -0.2) is 4.79 Å². The highest BCUT2D eigenvalue weighted by atomic mass is 19.4. The fourth-order valence-corrected chi connectivity index (χ4v) is 2.13. The van der Waals surface area contributed by atoms with Gasteiger partial charge in [0, 0.05) is 6.42 Å². The molecule has 4 nitrogen and oxygen atoms in total. The van der Waals surface area contributed by atoms with Crippen LogP contribution < -0.4 is 5.32 Å². The maximum absolute atomic E-state index is 12.3. The summed E-state index contributed by atoms with van der Waals surface area (Å²) in [6.07, 6.45) is -5.36. The lowest BCUT2D eigenvalue weighted by Crippen LogP contribution is -2.47. The first-order chi connectivity index (χ1) is 10.3. The Hall–Kier alpha value is -2.57. The molecule has 0 heterocycles. The number of carbonyl (C=O) groups is 2. The van der Waals surface area contributed by atoms with Crippen LogP contribution in [0.25, 0.3) is 10.8 Å². The molecule has 0 saturated carbocycles. The van der Waals surface area contributed by atoms with Gasteiger partial charge in [-0.3, -0.25) is 4.79 Å². The second kappa shape index (κ2) is 6.05. The van der Waals surface area contributed by atoms with E-state index >= 15 is 0 Å². The second-order valence-electron chi connectivity index (χ2n) is 4.70. The summed E-state index contributed by atoms with van der Waals surface area (Å²) in [5, 5.41) is 12.1. The molecule has 0 unspecified atom stereocenters. The van der Waals surface area contributed by atoms with Gasteiger partial charge in [0.25, 0.3) is 0 Å². The predicted octanol–water partition coefficient (Wildman–Crippen LogP) is 2.51. The van der Waals surface area contributed by atoms with E-state index in [4.69, 9.17) is 5.11 Å². The van der Waals surface area contributed by atoms with Crippen molar-refractivity contribution in [1.82, 2.24) is 5.32 Å². The number of hydrogen-bond acceptors (Lipinski definition) is 2. The minimum atomic E-state index is -5.12. The van der Waals surface area contributed by atoms with Crippen LogP contribution in [0.5, 0.6) is 0 Å². The molecule has 0 aliphatic carbocycles. The van der Waals surface area contributed by atoms with Gasteiger partial charge >= 0.3 is 18.1 Å². The number of hydrogen-bond donors (Lipinski definition) is 2. The molecule has 7 heteroatoms. The molecule has 22 heavy (non-hydrogen) atoms. The van der Waals surface area contributed by atoms with Crippen LogP contribution in [0.4, 0.5) is 13.2 Å². The summed E-state index contributed by atoms with van der Waals surface area (Å²) in [5.41, 5.74) is 0.549. The molecule has 2 rings (SSSR count). The third-order valence-electron chi connectivity index (χ3n) is 3.16. The maximum atomic E-state index is 12.3. The molecule has 0 aliphatic rings. The van der Waals surface area contributed by atoms with E-state index in [1.54, 1.807) is 30.3 Å². The van der Waals surface area contributed by atoms with Crippen LogP contribution in [0, 0.1) is 0 Å². The number of aliphatic carboxylic acids is 1. The zero-order chi connectivity index (χ0) is 16.3. The SMILES string of the molecule is O=C(O)[C@H](Cc1cccc2ccccc12)NC(=O)C(F)(F)F. The van der Waals surface area contributed by atoms with Crippen molar-refractivity contribution in [3.05, 3.63) is 48.0 Å². The highest BCUT2D eigenvalue weighted by Gasteiger charge is 2.40. The normalized spacial score (nSPS) is 12.9. The standard InChI is InChI=1S/C15H12F3NO3/c16-15(17,18)14(22)19-12(13(20)21)8-10-6-3-5-9-4-1-2-7-11(9)10/h1-7,12H,8H2,(H,19,22)(H,20,21)/t12-/m0/s1. The average Bonchev–Trinajstić information content (AvgIpc) is 2.45. The Labute approximate surface area is 123 Å². The summed E-state index contributed by atoms with van der Waals surface area (Å²) in [6.45, 7) is 0. The number of amides is 1. The van der Waals surface area contributed by atoms with Gasteiger partial charge in [-0.2, -0.15) is 13.2 Å². The lowest BCUT2D eigenvalue weighted by Gasteiger charge is -2.16. The molecule has 0 radical (unpaired) electrons. The van der Waals surface area contributed by atoms with E-state index in [2.05, 4.69) is 0 Å². The molecular weight excluding hydrogens is 299 g/mol. The van der Waals surface area contributed by atoms with Crippen LogP contribution in [-0.2, 0) is 16.0 Å².